The van der Waals surface area contributed by atoms with Crippen LogP contribution < -0.4 is 5.32 Å². The van der Waals surface area contributed by atoms with E-state index in [4.69, 9.17) is 9.47 Å². The second kappa shape index (κ2) is 8.04. The van der Waals surface area contributed by atoms with Crippen molar-refractivity contribution >= 4 is 0 Å². The Bertz CT molecular complexity index is 173. The van der Waals surface area contributed by atoms with Crippen LogP contribution in [0.1, 0.15) is 46.5 Å². The van der Waals surface area contributed by atoms with Crippen molar-refractivity contribution < 1.29 is 9.47 Å². The summed E-state index contributed by atoms with van der Waals surface area (Å²) in [6.45, 7) is 9.15. The highest BCUT2D eigenvalue weighted by atomic mass is 16.5. The third kappa shape index (κ3) is 5.83. The van der Waals surface area contributed by atoms with Gasteiger partial charge in [0.2, 0.25) is 0 Å². The standard InChI is InChI=1S/C13H27NO2/c1-4-5-8-15-10-13-7-6-12(16-13)9-14-11(2)3/h11-14H,4-10H2,1-3H3. The van der Waals surface area contributed by atoms with Crippen LogP contribution in [-0.4, -0.2) is 38.0 Å². The van der Waals surface area contributed by atoms with Gasteiger partial charge in [-0.1, -0.05) is 27.2 Å². The van der Waals surface area contributed by atoms with E-state index in [1.807, 2.05) is 0 Å². The Hall–Kier alpha value is -0.120. The predicted octanol–water partition coefficient (Wildman–Crippen LogP) is 2.35. The average molecular weight is 229 g/mol. The lowest BCUT2D eigenvalue weighted by Gasteiger charge is -2.16. The zero-order chi connectivity index (χ0) is 11.8. The van der Waals surface area contributed by atoms with Crippen LogP contribution in [0.3, 0.4) is 0 Å². The lowest BCUT2D eigenvalue weighted by Crippen LogP contribution is -2.32. The SMILES string of the molecule is CCCCOCC1CCC(CNC(C)C)O1. The highest BCUT2D eigenvalue weighted by Crippen LogP contribution is 2.19. The molecule has 96 valence electrons. The average Bonchev–Trinajstić information content (AvgIpc) is 2.70. The summed E-state index contributed by atoms with van der Waals surface area (Å²) in [5.74, 6) is 0. The maximum atomic E-state index is 5.90. The van der Waals surface area contributed by atoms with Gasteiger partial charge >= 0.3 is 0 Å². The molecule has 1 saturated heterocycles. The first-order chi connectivity index (χ1) is 7.72. The van der Waals surface area contributed by atoms with Gasteiger partial charge in [-0.25, -0.2) is 0 Å². The lowest BCUT2D eigenvalue weighted by atomic mass is 10.2. The molecule has 2 atom stereocenters. The van der Waals surface area contributed by atoms with Gasteiger partial charge in [0, 0.05) is 19.2 Å². The van der Waals surface area contributed by atoms with E-state index in [0.717, 1.165) is 32.6 Å². The molecule has 1 rings (SSSR count). The van der Waals surface area contributed by atoms with Crippen LogP contribution in [0.15, 0.2) is 0 Å². The molecular formula is C13H27NO2. The predicted molar refractivity (Wildman–Crippen MR) is 66.8 cm³/mol. The summed E-state index contributed by atoms with van der Waals surface area (Å²) in [5.41, 5.74) is 0. The molecule has 0 aromatic carbocycles. The Morgan fingerprint density at radius 2 is 2.06 bits per heavy atom. The van der Waals surface area contributed by atoms with E-state index in [-0.39, 0.29) is 0 Å². The molecule has 0 aliphatic carbocycles. The first-order valence-electron chi connectivity index (χ1n) is 6.69. The van der Waals surface area contributed by atoms with E-state index in [2.05, 4.69) is 26.1 Å². The Kier molecular flexibility index (Phi) is 7.01. The smallest absolute Gasteiger partial charge is 0.0813 e. The van der Waals surface area contributed by atoms with Crippen molar-refractivity contribution in [3.63, 3.8) is 0 Å². The molecule has 0 amide bonds. The molecule has 0 bridgehead atoms. The van der Waals surface area contributed by atoms with Crippen LogP contribution in [0.2, 0.25) is 0 Å². The number of ether oxygens (including phenoxy) is 2. The molecule has 0 aromatic rings. The summed E-state index contributed by atoms with van der Waals surface area (Å²) in [7, 11) is 0. The fourth-order valence-electron chi connectivity index (χ4n) is 1.88. The number of nitrogens with one attached hydrogen (secondary N) is 1. The minimum atomic E-state index is 0.329. The van der Waals surface area contributed by atoms with Gasteiger partial charge in [-0.05, 0) is 19.3 Å². The van der Waals surface area contributed by atoms with Crippen molar-refractivity contribution in [1.29, 1.82) is 0 Å². The summed E-state index contributed by atoms with van der Waals surface area (Å²) >= 11 is 0. The van der Waals surface area contributed by atoms with Crippen molar-refractivity contribution in [1.82, 2.24) is 5.32 Å². The minimum absolute atomic E-state index is 0.329. The fourth-order valence-corrected chi connectivity index (χ4v) is 1.88. The molecule has 3 nitrogen and oxygen atoms in total. The number of rotatable bonds is 8. The lowest BCUT2D eigenvalue weighted by molar-refractivity contribution is -0.0151. The third-order valence-corrected chi connectivity index (χ3v) is 2.90. The monoisotopic (exact) mass is 229 g/mol. The first-order valence-corrected chi connectivity index (χ1v) is 6.69. The van der Waals surface area contributed by atoms with Crippen LogP contribution >= 0.6 is 0 Å². The second-order valence-electron chi connectivity index (χ2n) is 4.95. The Morgan fingerprint density at radius 1 is 1.31 bits per heavy atom. The minimum Gasteiger partial charge on any atom is -0.379 e. The van der Waals surface area contributed by atoms with Gasteiger partial charge in [-0.3, -0.25) is 0 Å². The number of hydrogen-bond acceptors (Lipinski definition) is 3. The van der Waals surface area contributed by atoms with E-state index >= 15 is 0 Å². The quantitative estimate of drug-likeness (QED) is 0.648. The van der Waals surface area contributed by atoms with Gasteiger partial charge in [-0.2, -0.15) is 0 Å². The molecule has 16 heavy (non-hydrogen) atoms. The van der Waals surface area contributed by atoms with Gasteiger partial charge in [0.25, 0.3) is 0 Å². The van der Waals surface area contributed by atoms with E-state index in [1.54, 1.807) is 0 Å². The largest absolute Gasteiger partial charge is 0.379 e. The van der Waals surface area contributed by atoms with E-state index in [9.17, 15) is 0 Å². The van der Waals surface area contributed by atoms with Crippen LogP contribution in [0.5, 0.6) is 0 Å². The summed E-state index contributed by atoms with van der Waals surface area (Å²) in [6, 6.07) is 0.545. The maximum absolute atomic E-state index is 5.90. The van der Waals surface area contributed by atoms with Gasteiger partial charge in [0.15, 0.2) is 0 Å². The zero-order valence-electron chi connectivity index (χ0n) is 11.0. The van der Waals surface area contributed by atoms with Crippen molar-refractivity contribution in [3.05, 3.63) is 0 Å². The normalized spacial score (nSPS) is 25.5. The van der Waals surface area contributed by atoms with E-state index in [1.165, 1.54) is 12.8 Å². The molecule has 1 aliphatic rings. The highest BCUT2D eigenvalue weighted by molar-refractivity contribution is 4.75. The topological polar surface area (TPSA) is 30.5 Å². The summed E-state index contributed by atoms with van der Waals surface area (Å²) in [5, 5.41) is 3.42. The molecule has 1 N–H and O–H groups in total. The molecule has 1 fully saturated rings. The van der Waals surface area contributed by atoms with Crippen molar-refractivity contribution in [2.75, 3.05) is 19.8 Å². The second-order valence-corrected chi connectivity index (χ2v) is 4.95. The summed E-state index contributed by atoms with van der Waals surface area (Å²) in [4.78, 5) is 0. The molecule has 2 unspecified atom stereocenters. The van der Waals surface area contributed by atoms with Crippen LogP contribution in [0.25, 0.3) is 0 Å². The molecule has 0 saturated carbocycles. The Morgan fingerprint density at radius 3 is 2.75 bits per heavy atom. The summed E-state index contributed by atoms with van der Waals surface area (Å²) in [6.07, 6.45) is 5.40. The maximum Gasteiger partial charge on any atom is 0.0813 e. The molecular weight excluding hydrogens is 202 g/mol. The molecule has 1 aliphatic heterocycles. The first kappa shape index (κ1) is 13.9. The van der Waals surface area contributed by atoms with Gasteiger partial charge in [0.05, 0.1) is 18.8 Å². The molecule has 1 heterocycles. The van der Waals surface area contributed by atoms with E-state index in [0.29, 0.717) is 18.2 Å². The Balaban J connectivity index is 2.01. The third-order valence-electron chi connectivity index (χ3n) is 2.90. The highest BCUT2D eigenvalue weighted by Gasteiger charge is 2.24. The van der Waals surface area contributed by atoms with Crippen LogP contribution in [0.4, 0.5) is 0 Å². The molecule has 0 aromatic heterocycles. The molecule has 0 spiro atoms. The van der Waals surface area contributed by atoms with Crippen LogP contribution in [0, 0.1) is 0 Å². The van der Waals surface area contributed by atoms with Gasteiger partial charge in [-0.15, -0.1) is 0 Å². The summed E-state index contributed by atoms with van der Waals surface area (Å²) < 4.78 is 11.5. The van der Waals surface area contributed by atoms with Crippen LogP contribution in [-0.2, 0) is 9.47 Å². The molecule has 3 heteroatoms. The molecule has 0 radical (unpaired) electrons. The number of hydrogen-bond donors (Lipinski definition) is 1. The van der Waals surface area contributed by atoms with Crippen molar-refractivity contribution in [2.24, 2.45) is 0 Å². The van der Waals surface area contributed by atoms with Gasteiger partial charge < -0.3 is 14.8 Å². The van der Waals surface area contributed by atoms with Crippen molar-refractivity contribution in [3.8, 4) is 0 Å². The Labute approximate surface area is 99.9 Å². The zero-order valence-corrected chi connectivity index (χ0v) is 11.0. The number of unbranched alkanes of at least 4 members (excludes halogenated alkanes) is 1. The van der Waals surface area contributed by atoms with E-state index < -0.39 is 0 Å². The van der Waals surface area contributed by atoms with Crippen molar-refractivity contribution in [2.45, 2.75) is 64.7 Å². The fraction of sp³-hybridized carbons (Fsp3) is 1.00. The van der Waals surface area contributed by atoms with Gasteiger partial charge in [0.1, 0.15) is 0 Å².